The van der Waals surface area contributed by atoms with Gasteiger partial charge in [-0.3, -0.25) is 20.4 Å². The second kappa shape index (κ2) is 9.47. The number of carbonyl (C=O) groups excluding carboxylic acids is 2. The highest BCUT2D eigenvalue weighted by atomic mass is 79.9. The smallest absolute Gasteiger partial charge is 0.279 e. The van der Waals surface area contributed by atoms with Gasteiger partial charge < -0.3 is 9.26 Å². The summed E-state index contributed by atoms with van der Waals surface area (Å²) in [6.07, 6.45) is 1.19. The fourth-order valence-corrected chi connectivity index (χ4v) is 3.58. The van der Waals surface area contributed by atoms with E-state index in [0.717, 1.165) is 15.1 Å². The standard InChI is InChI=1S/C18H17BrN4O4S/c1-26-12-7-5-11(6-8-12)17-20-16(27-23-17)4-2-3-15(24)21-22-18(25)13-9-10-14(19)28-13/h5-10H,2-4H2,1H3,(H,21,24)(H,22,25). The number of rotatable bonds is 7. The zero-order valence-corrected chi connectivity index (χ0v) is 17.3. The molecule has 146 valence electrons. The number of carbonyl (C=O) groups is 2. The highest BCUT2D eigenvalue weighted by molar-refractivity contribution is 9.11. The molecule has 0 saturated heterocycles. The number of benzene rings is 1. The van der Waals surface area contributed by atoms with Crippen LogP contribution in [-0.4, -0.2) is 29.1 Å². The Morgan fingerprint density at radius 3 is 2.64 bits per heavy atom. The molecule has 3 rings (SSSR count). The van der Waals surface area contributed by atoms with Crippen LogP contribution < -0.4 is 15.6 Å². The van der Waals surface area contributed by atoms with Crippen LogP contribution in [0.15, 0.2) is 44.7 Å². The van der Waals surface area contributed by atoms with E-state index in [2.05, 4.69) is 36.9 Å². The van der Waals surface area contributed by atoms with Crippen molar-refractivity contribution < 1.29 is 18.8 Å². The molecular weight excluding hydrogens is 448 g/mol. The molecular formula is C18H17BrN4O4S. The van der Waals surface area contributed by atoms with E-state index in [0.29, 0.717) is 29.4 Å². The third kappa shape index (κ3) is 5.40. The number of aryl methyl sites for hydroxylation is 1. The number of aromatic nitrogens is 2. The lowest BCUT2D eigenvalue weighted by Crippen LogP contribution is -2.41. The maximum Gasteiger partial charge on any atom is 0.279 e. The quantitative estimate of drug-likeness (QED) is 0.519. The Morgan fingerprint density at radius 2 is 1.96 bits per heavy atom. The number of nitrogens with one attached hydrogen (secondary N) is 2. The maximum absolute atomic E-state index is 11.9. The van der Waals surface area contributed by atoms with Gasteiger partial charge in [0.15, 0.2) is 0 Å². The lowest BCUT2D eigenvalue weighted by molar-refractivity contribution is -0.121. The molecule has 1 aromatic carbocycles. The predicted molar refractivity (Wildman–Crippen MR) is 107 cm³/mol. The van der Waals surface area contributed by atoms with Crippen LogP contribution >= 0.6 is 27.3 Å². The van der Waals surface area contributed by atoms with Crippen LogP contribution in [0.5, 0.6) is 5.75 Å². The Labute approximate surface area is 173 Å². The number of thiophene rings is 1. The van der Waals surface area contributed by atoms with E-state index in [1.165, 1.54) is 11.3 Å². The van der Waals surface area contributed by atoms with Crippen LogP contribution in [0.3, 0.4) is 0 Å². The third-order valence-corrected chi connectivity index (χ3v) is 5.35. The van der Waals surface area contributed by atoms with Crippen molar-refractivity contribution in [2.24, 2.45) is 0 Å². The molecule has 0 radical (unpaired) electrons. The maximum atomic E-state index is 11.9. The minimum atomic E-state index is -0.356. The van der Waals surface area contributed by atoms with Crippen LogP contribution in [-0.2, 0) is 11.2 Å². The van der Waals surface area contributed by atoms with Crippen molar-refractivity contribution in [2.75, 3.05) is 7.11 Å². The molecule has 0 aliphatic heterocycles. The van der Waals surface area contributed by atoms with Crippen LogP contribution in [0.25, 0.3) is 11.4 Å². The molecule has 0 fully saturated rings. The third-order valence-electron chi connectivity index (χ3n) is 3.72. The molecule has 0 atom stereocenters. The van der Waals surface area contributed by atoms with Gasteiger partial charge in [-0.1, -0.05) is 5.16 Å². The summed E-state index contributed by atoms with van der Waals surface area (Å²) in [5.41, 5.74) is 5.59. The summed E-state index contributed by atoms with van der Waals surface area (Å²) < 4.78 is 11.2. The van der Waals surface area contributed by atoms with Crippen LogP contribution in [0.1, 0.15) is 28.4 Å². The first kappa shape index (κ1) is 20.0. The van der Waals surface area contributed by atoms with Crippen molar-refractivity contribution in [1.82, 2.24) is 21.0 Å². The van der Waals surface area contributed by atoms with Crippen molar-refractivity contribution in [2.45, 2.75) is 19.3 Å². The van der Waals surface area contributed by atoms with E-state index in [9.17, 15) is 9.59 Å². The van der Waals surface area contributed by atoms with Gasteiger partial charge in [0.25, 0.3) is 5.91 Å². The van der Waals surface area contributed by atoms with Crippen molar-refractivity contribution in [3.63, 3.8) is 0 Å². The second-order valence-corrected chi connectivity index (χ2v) is 8.16. The van der Waals surface area contributed by atoms with Gasteiger partial charge in [0, 0.05) is 18.4 Å². The molecule has 28 heavy (non-hydrogen) atoms. The van der Waals surface area contributed by atoms with Gasteiger partial charge in [-0.05, 0) is 58.7 Å². The highest BCUT2D eigenvalue weighted by Crippen LogP contribution is 2.22. The van der Waals surface area contributed by atoms with Crippen molar-refractivity contribution in [3.05, 3.63) is 51.0 Å². The molecule has 10 heteroatoms. The lowest BCUT2D eigenvalue weighted by Gasteiger charge is -2.05. The molecule has 0 spiro atoms. The van der Waals surface area contributed by atoms with Gasteiger partial charge in [0.2, 0.25) is 17.6 Å². The topological polar surface area (TPSA) is 106 Å². The number of ether oxygens (including phenoxy) is 1. The first-order valence-electron chi connectivity index (χ1n) is 8.36. The average molecular weight is 465 g/mol. The molecule has 8 nitrogen and oxygen atoms in total. The Kier molecular flexibility index (Phi) is 6.77. The molecule has 0 aliphatic carbocycles. The summed E-state index contributed by atoms with van der Waals surface area (Å²) in [6.45, 7) is 0. The normalized spacial score (nSPS) is 10.5. The number of amides is 2. The zero-order chi connectivity index (χ0) is 19.9. The summed E-state index contributed by atoms with van der Waals surface area (Å²) in [5, 5.41) is 3.95. The van der Waals surface area contributed by atoms with Gasteiger partial charge in [-0.25, -0.2) is 0 Å². The number of hydrazine groups is 1. The SMILES string of the molecule is COc1ccc(-c2noc(CCCC(=O)NNC(=O)c3ccc(Br)s3)n2)cc1. The number of nitrogens with zero attached hydrogens (tertiary/aromatic N) is 2. The molecule has 0 bridgehead atoms. The summed E-state index contributed by atoms with van der Waals surface area (Å²) in [7, 11) is 1.60. The van der Waals surface area contributed by atoms with Gasteiger partial charge in [-0.15, -0.1) is 11.3 Å². The van der Waals surface area contributed by atoms with E-state index >= 15 is 0 Å². The van der Waals surface area contributed by atoms with E-state index in [-0.39, 0.29) is 18.2 Å². The summed E-state index contributed by atoms with van der Waals surface area (Å²) in [4.78, 5) is 28.5. The fourth-order valence-electron chi connectivity index (χ4n) is 2.30. The fraction of sp³-hybridized carbons (Fsp3) is 0.222. The Bertz CT molecular complexity index is 955. The van der Waals surface area contributed by atoms with Crippen molar-refractivity contribution in [1.29, 1.82) is 0 Å². The van der Waals surface area contributed by atoms with Crippen LogP contribution in [0, 0.1) is 0 Å². The summed E-state index contributed by atoms with van der Waals surface area (Å²) >= 11 is 4.57. The van der Waals surface area contributed by atoms with Gasteiger partial charge in [-0.2, -0.15) is 4.98 Å². The molecule has 0 saturated carbocycles. The van der Waals surface area contributed by atoms with E-state index in [1.54, 1.807) is 19.2 Å². The Hall–Kier alpha value is -2.72. The molecule has 2 aromatic heterocycles. The first-order valence-corrected chi connectivity index (χ1v) is 9.97. The molecule has 2 heterocycles. The molecule has 3 aromatic rings. The highest BCUT2D eigenvalue weighted by Gasteiger charge is 2.12. The molecule has 2 amide bonds. The average Bonchev–Trinajstić information content (AvgIpc) is 3.35. The number of methoxy groups -OCH3 is 1. The number of hydrogen-bond acceptors (Lipinski definition) is 7. The summed E-state index contributed by atoms with van der Waals surface area (Å²) in [6, 6.07) is 10.8. The monoisotopic (exact) mass is 464 g/mol. The summed E-state index contributed by atoms with van der Waals surface area (Å²) in [5.74, 6) is 1.03. The van der Waals surface area contributed by atoms with E-state index in [4.69, 9.17) is 9.26 Å². The van der Waals surface area contributed by atoms with Crippen LogP contribution in [0.4, 0.5) is 0 Å². The minimum Gasteiger partial charge on any atom is -0.497 e. The minimum absolute atomic E-state index is 0.217. The van der Waals surface area contributed by atoms with Crippen molar-refractivity contribution >= 4 is 39.1 Å². The van der Waals surface area contributed by atoms with E-state index < -0.39 is 0 Å². The number of halogens is 1. The van der Waals surface area contributed by atoms with Gasteiger partial charge >= 0.3 is 0 Å². The van der Waals surface area contributed by atoms with E-state index in [1.807, 2.05) is 24.3 Å². The largest absolute Gasteiger partial charge is 0.497 e. The lowest BCUT2D eigenvalue weighted by atomic mass is 10.2. The predicted octanol–water partition coefficient (Wildman–Crippen LogP) is 3.35. The zero-order valence-electron chi connectivity index (χ0n) is 14.9. The van der Waals surface area contributed by atoms with Gasteiger partial charge in [0.1, 0.15) is 5.75 Å². The first-order chi connectivity index (χ1) is 13.5. The number of hydrogen-bond donors (Lipinski definition) is 2. The Balaban J connectivity index is 1.41. The van der Waals surface area contributed by atoms with Gasteiger partial charge in [0.05, 0.1) is 15.8 Å². The molecule has 0 unspecified atom stereocenters. The van der Waals surface area contributed by atoms with Crippen LogP contribution in [0.2, 0.25) is 0 Å². The Morgan fingerprint density at radius 1 is 1.18 bits per heavy atom. The second-order valence-electron chi connectivity index (χ2n) is 5.70. The molecule has 2 N–H and O–H groups in total. The molecule has 0 aliphatic rings. The van der Waals surface area contributed by atoms with Crippen molar-refractivity contribution in [3.8, 4) is 17.1 Å².